The first-order chi connectivity index (χ1) is 4.37. The quantitative estimate of drug-likeness (QED) is 0.463. The highest BCUT2D eigenvalue weighted by molar-refractivity contribution is 5.20. The third kappa shape index (κ3) is 0.342. The summed E-state index contributed by atoms with van der Waals surface area (Å²) in [6, 6.07) is 0. The summed E-state index contributed by atoms with van der Waals surface area (Å²) in [6.45, 7) is 0. The van der Waals surface area contributed by atoms with Gasteiger partial charge in [0.05, 0.1) is 0 Å². The monoisotopic (exact) mass is 122 g/mol. The molecule has 9 heavy (non-hydrogen) atoms. The molecule has 0 aromatic rings. The summed E-state index contributed by atoms with van der Waals surface area (Å²) in [6.07, 6.45) is 11.1. The largest absolute Gasteiger partial charge is 0.0522 e. The normalized spacial score (nSPS) is 40.0. The van der Waals surface area contributed by atoms with Crippen molar-refractivity contribution in [3.63, 3.8) is 0 Å². The standard InChI is InChI=1S/C9H14/c1-3-8(4-1)7-9(8)5-2-6-9/h1-7H2. The van der Waals surface area contributed by atoms with Crippen molar-refractivity contribution in [1.82, 2.24) is 0 Å². The Morgan fingerprint density at radius 2 is 1.11 bits per heavy atom. The summed E-state index contributed by atoms with van der Waals surface area (Å²) in [4.78, 5) is 0. The molecule has 3 fully saturated rings. The molecule has 0 atom stereocenters. The van der Waals surface area contributed by atoms with Crippen molar-refractivity contribution in [2.45, 2.75) is 44.9 Å². The van der Waals surface area contributed by atoms with Gasteiger partial charge in [0.25, 0.3) is 0 Å². The summed E-state index contributed by atoms with van der Waals surface area (Å²) in [5.41, 5.74) is 1.93. The molecule has 0 heterocycles. The molecule has 3 rings (SSSR count). The Morgan fingerprint density at radius 3 is 1.22 bits per heavy atom. The Morgan fingerprint density at radius 1 is 0.667 bits per heavy atom. The van der Waals surface area contributed by atoms with Gasteiger partial charge in [0.2, 0.25) is 0 Å². The van der Waals surface area contributed by atoms with Crippen molar-refractivity contribution >= 4 is 0 Å². The molecule has 0 saturated heterocycles. The molecule has 0 unspecified atom stereocenters. The zero-order valence-electron chi connectivity index (χ0n) is 5.95. The molecule has 0 aliphatic heterocycles. The van der Waals surface area contributed by atoms with Crippen LogP contribution in [0, 0.1) is 10.8 Å². The summed E-state index contributed by atoms with van der Waals surface area (Å²) < 4.78 is 0. The van der Waals surface area contributed by atoms with Gasteiger partial charge in [0.15, 0.2) is 0 Å². The second-order valence-corrected chi connectivity index (χ2v) is 4.44. The topological polar surface area (TPSA) is 0 Å². The number of rotatable bonds is 0. The van der Waals surface area contributed by atoms with Gasteiger partial charge in [-0.1, -0.05) is 12.8 Å². The van der Waals surface area contributed by atoms with Crippen molar-refractivity contribution in [1.29, 1.82) is 0 Å². The van der Waals surface area contributed by atoms with Gasteiger partial charge in [-0.05, 0) is 42.9 Å². The highest BCUT2D eigenvalue weighted by Gasteiger charge is 2.70. The summed E-state index contributed by atoms with van der Waals surface area (Å²) in [5, 5.41) is 0. The lowest BCUT2D eigenvalue weighted by molar-refractivity contribution is 0.129. The van der Waals surface area contributed by atoms with Crippen molar-refractivity contribution < 1.29 is 0 Å². The van der Waals surface area contributed by atoms with Crippen LogP contribution in [0.3, 0.4) is 0 Å². The van der Waals surface area contributed by atoms with E-state index in [1.54, 1.807) is 44.9 Å². The van der Waals surface area contributed by atoms with Crippen molar-refractivity contribution in [2.75, 3.05) is 0 Å². The van der Waals surface area contributed by atoms with Gasteiger partial charge in [-0.25, -0.2) is 0 Å². The molecule has 0 aromatic carbocycles. The van der Waals surface area contributed by atoms with E-state index in [0.717, 1.165) is 10.8 Å². The van der Waals surface area contributed by atoms with Gasteiger partial charge in [0.1, 0.15) is 0 Å². The zero-order chi connectivity index (χ0) is 5.95. The molecule has 0 bridgehead atoms. The lowest BCUT2D eigenvalue weighted by atomic mass is 9.67. The SMILES string of the molecule is C1CC2(C1)CC21CCC1. The number of hydrogen-bond acceptors (Lipinski definition) is 0. The van der Waals surface area contributed by atoms with E-state index < -0.39 is 0 Å². The second-order valence-electron chi connectivity index (χ2n) is 4.44. The van der Waals surface area contributed by atoms with Gasteiger partial charge < -0.3 is 0 Å². The minimum Gasteiger partial charge on any atom is -0.0522 e. The van der Waals surface area contributed by atoms with Crippen LogP contribution < -0.4 is 0 Å². The molecule has 50 valence electrons. The molecule has 0 nitrogen and oxygen atoms in total. The van der Waals surface area contributed by atoms with Crippen molar-refractivity contribution in [2.24, 2.45) is 10.8 Å². The van der Waals surface area contributed by atoms with Crippen LogP contribution in [0.2, 0.25) is 0 Å². The molecule has 0 aromatic heterocycles. The Labute approximate surface area is 56.6 Å². The minimum absolute atomic E-state index is 0.964. The zero-order valence-corrected chi connectivity index (χ0v) is 5.95. The van der Waals surface area contributed by atoms with Crippen molar-refractivity contribution in [3.05, 3.63) is 0 Å². The van der Waals surface area contributed by atoms with Crippen LogP contribution in [0.4, 0.5) is 0 Å². The molecule has 3 saturated carbocycles. The molecule has 0 N–H and O–H groups in total. The second kappa shape index (κ2) is 1.09. The Balaban J connectivity index is 1.85. The first-order valence-corrected chi connectivity index (χ1v) is 4.37. The summed E-state index contributed by atoms with van der Waals surface area (Å²) >= 11 is 0. The van der Waals surface area contributed by atoms with E-state index in [1.165, 1.54) is 0 Å². The Kier molecular flexibility index (Phi) is 0.574. The first kappa shape index (κ1) is 4.76. The molecule has 2 spiro atoms. The van der Waals surface area contributed by atoms with Crippen molar-refractivity contribution in [3.8, 4) is 0 Å². The molecule has 3 aliphatic rings. The van der Waals surface area contributed by atoms with Gasteiger partial charge in [-0.15, -0.1) is 0 Å². The van der Waals surface area contributed by atoms with E-state index in [4.69, 9.17) is 0 Å². The third-order valence-electron chi connectivity index (χ3n) is 4.30. The average Bonchev–Trinajstić information content (AvgIpc) is 2.28. The molecule has 0 heteroatoms. The third-order valence-corrected chi connectivity index (χ3v) is 4.30. The molecule has 0 radical (unpaired) electrons. The van der Waals surface area contributed by atoms with Gasteiger partial charge in [0, 0.05) is 0 Å². The maximum atomic E-state index is 1.62. The maximum absolute atomic E-state index is 1.62. The van der Waals surface area contributed by atoms with E-state index in [-0.39, 0.29) is 0 Å². The van der Waals surface area contributed by atoms with Crippen LogP contribution in [-0.2, 0) is 0 Å². The van der Waals surface area contributed by atoms with Gasteiger partial charge in [-0.3, -0.25) is 0 Å². The predicted molar refractivity (Wildman–Crippen MR) is 37.2 cm³/mol. The fourth-order valence-corrected chi connectivity index (χ4v) is 3.22. The van der Waals surface area contributed by atoms with Crippen LogP contribution >= 0.6 is 0 Å². The molecular weight excluding hydrogens is 108 g/mol. The van der Waals surface area contributed by atoms with Crippen LogP contribution in [-0.4, -0.2) is 0 Å². The number of fused-ring (bicyclic) bond motifs is 1. The summed E-state index contributed by atoms with van der Waals surface area (Å²) in [5.74, 6) is 0. The Bertz CT molecular complexity index is 131. The summed E-state index contributed by atoms with van der Waals surface area (Å²) in [7, 11) is 0. The van der Waals surface area contributed by atoms with Crippen LogP contribution in [0.15, 0.2) is 0 Å². The van der Waals surface area contributed by atoms with Gasteiger partial charge in [-0.2, -0.15) is 0 Å². The lowest BCUT2D eigenvalue weighted by Crippen LogP contribution is -2.26. The maximum Gasteiger partial charge on any atom is -0.0235 e. The highest BCUT2D eigenvalue weighted by atomic mass is 14.7. The highest BCUT2D eigenvalue weighted by Crippen LogP contribution is 2.81. The van der Waals surface area contributed by atoms with Crippen LogP contribution in [0.5, 0.6) is 0 Å². The Hall–Kier alpha value is 0. The average molecular weight is 122 g/mol. The lowest BCUT2D eigenvalue weighted by Gasteiger charge is -2.38. The minimum atomic E-state index is 0.964. The van der Waals surface area contributed by atoms with E-state index in [2.05, 4.69) is 0 Å². The van der Waals surface area contributed by atoms with E-state index >= 15 is 0 Å². The fourth-order valence-electron chi connectivity index (χ4n) is 3.22. The predicted octanol–water partition coefficient (Wildman–Crippen LogP) is 2.73. The van der Waals surface area contributed by atoms with Gasteiger partial charge >= 0.3 is 0 Å². The first-order valence-electron chi connectivity index (χ1n) is 4.37. The fraction of sp³-hybridized carbons (Fsp3) is 1.00. The van der Waals surface area contributed by atoms with E-state index in [1.807, 2.05) is 0 Å². The van der Waals surface area contributed by atoms with Crippen LogP contribution in [0.25, 0.3) is 0 Å². The van der Waals surface area contributed by atoms with E-state index in [0.29, 0.717) is 0 Å². The van der Waals surface area contributed by atoms with Crippen LogP contribution in [0.1, 0.15) is 44.9 Å². The molecular formula is C9H14. The van der Waals surface area contributed by atoms with E-state index in [9.17, 15) is 0 Å². The molecule has 3 aliphatic carbocycles. The smallest absolute Gasteiger partial charge is 0.0235 e. The number of hydrogen-bond donors (Lipinski definition) is 0. The molecule has 0 amide bonds.